The van der Waals surface area contributed by atoms with Crippen molar-refractivity contribution in [1.29, 1.82) is 0 Å². The Labute approximate surface area is 186 Å². The summed E-state index contributed by atoms with van der Waals surface area (Å²) in [5.41, 5.74) is 1.53. The number of rotatable bonds is 5. The summed E-state index contributed by atoms with van der Waals surface area (Å²) >= 11 is 1.34. The molecule has 10 heteroatoms. The second-order valence-electron chi connectivity index (χ2n) is 7.02. The maximum atomic E-state index is 13.5. The molecule has 0 N–H and O–H groups in total. The third-order valence-electron chi connectivity index (χ3n) is 4.88. The lowest BCUT2D eigenvalue weighted by Crippen LogP contribution is -2.30. The van der Waals surface area contributed by atoms with E-state index < -0.39 is 10.8 Å². The van der Waals surface area contributed by atoms with Gasteiger partial charge in [-0.05, 0) is 17.7 Å². The van der Waals surface area contributed by atoms with E-state index in [2.05, 4.69) is 9.97 Å². The van der Waals surface area contributed by atoms with Crippen LogP contribution in [0.3, 0.4) is 0 Å². The predicted molar refractivity (Wildman–Crippen MR) is 118 cm³/mol. The highest BCUT2D eigenvalue weighted by Gasteiger charge is 2.24. The summed E-state index contributed by atoms with van der Waals surface area (Å²) in [4.78, 5) is 34.4. The Bertz CT molecular complexity index is 1280. The second-order valence-corrected chi connectivity index (χ2v) is 8.03. The molecule has 9 nitrogen and oxygen atoms in total. The first-order valence-corrected chi connectivity index (χ1v) is 10.6. The Morgan fingerprint density at radius 3 is 2.69 bits per heavy atom. The Balaban J connectivity index is 1.57. The van der Waals surface area contributed by atoms with E-state index in [0.29, 0.717) is 35.4 Å². The number of non-ortho nitro benzene ring substituents is 1. The van der Waals surface area contributed by atoms with Crippen LogP contribution in [-0.2, 0) is 6.54 Å². The van der Waals surface area contributed by atoms with Crippen LogP contribution in [0, 0.1) is 10.1 Å². The van der Waals surface area contributed by atoms with E-state index in [1.165, 1.54) is 34.4 Å². The van der Waals surface area contributed by atoms with Crippen LogP contribution in [-0.4, -0.2) is 34.0 Å². The molecule has 2 aromatic heterocycles. The minimum atomic E-state index is -0.523. The molecule has 0 bridgehead atoms. The Hall–Kier alpha value is -4.05. The molecule has 0 unspecified atom stereocenters. The van der Waals surface area contributed by atoms with Gasteiger partial charge in [0.05, 0.1) is 21.7 Å². The number of fused-ring (bicyclic) bond motifs is 2. The molecule has 0 aliphatic carbocycles. The van der Waals surface area contributed by atoms with Crippen LogP contribution in [0.4, 0.5) is 10.8 Å². The van der Waals surface area contributed by atoms with Crippen LogP contribution in [0.5, 0.6) is 11.5 Å². The highest BCUT2D eigenvalue weighted by atomic mass is 32.1. The number of aromatic nitrogens is 2. The molecule has 3 heterocycles. The summed E-state index contributed by atoms with van der Waals surface area (Å²) < 4.78 is 12.1. The van der Waals surface area contributed by atoms with Gasteiger partial charge in [-0.3, -0.25) is 24.8 Å². The van der Waals surface area contributed by atoms with Crippen molar-refractivity contribution < 1.29 is 19.2 Å². The number of thiazole rings is 1. The summed E-state index contributed by atoms with van der Waals surface area (Å²) in [5, 5.41) is 11.6. The molecule has 0 spiro atoms. The molecule has 1 aliphatic rings. The third-order valence-corrected chi connectivity index (χ3v) is 5.93. The number of benzene rings is 2. The summed E-state index contributed by atoms with van der Waals surface area (Å²) in [7, 11) is 0. The average molecular weight is 448 g/mol. The summed E-state index contributed by atoms with van der Waals surface area (Å²) in [6.07, 6.45) is 3.32. The lowest BCUT2D eigenvalue weighted by molar-refractivity contribution is -0.384. The smallest absolute Gasteiger partial charge is 0.270 e. The van der Waals surface area contributed by atoms with Crippen LogP contribution < -0.4 is 14.4 Å². The lowest BCUT2D eigenvalue weighted by Gasteiger charge is -2.20. The van der Waals surface area contributed by atoms with Crippen molar-refractivity contribution in [1.82, 2.24) is 9.97 Å². The van der Waals surface area contributed by atoms with Gasteiger partial charge in [-0.25, -0.2) is 4.98 Å². The zero-order chi connectivity index (χ0) is 22.1. The van der Waals surface area contributed by atoms with Crippen molar-refractivity contribution in [2.24, 2.45) is 0 Å². The van der Waals surface area contributed by atoms with Crippen molar-refractivity contribution >= 4 is 38.3 Å². The van der Waals surface area contributed by atoms with Crippen molar-refractivity contribution in [3.63, 3.8) is 0 Å². The van der Waals surface area contributed by atoms with Gasteiger partial charge in [0, 0.05) is 42.2 Å². The number of carbonyl (C=O) groups is 1. The zero-order valence-electron chi connectivity index (χ0n) is 16.6. The number of nitrogens with zero attached hydrogens (tertiary/aromatic N) is 4. The highest BCUT2D eigenvalue weighted by Crippen LogP contribution is 2.39. The monoisotopic (exact) mass is 448 g/mol. The van der Waals surface area contributed by atoms with Crippen LogP contribution in [0.15, 0.2) is 60.9 Å². The van der Waals surface area contributed by atoms with Crippen LogP contribution in [0.1, 0.15) is 15.9 Å². The molecule has 5 rings (SSSR count). The standard InChI is InChI=1S/C22H16N4O5S/c27-21(15-4-1-5-16(9-15)26(28)29)25(13-14-3-2-6-23-12-14)22-24-17-10-18-19(11-20(17)32-22)31-8-7-30-18/h1-6,9-12H,7-8,13H2. The van der Waals surface area contributed by atoms with Gasteiger partial charge < -0.3 is 9.47 Å². The molecule has 0 atom stereocenters. The fraction of sp³-hybridized carbons (Fsp3) is 0.136. The Morgan fingerprint density at radius 2 is 1.94 bits per heavy atom. The van der Waals surface area contributed by atoms with Gasteiger partial charge in [-0.2, -0.15) is 0 Å². The number of hydrogen-bond acceptors (Lipinski definition) is 8. The normalized spacial score (nSPS) is 12.5. The van der Waals surface area contributed by atoms with Crippen molar-refractivity contribution in [2.75, 3.05) is 18.1 Å². The number of anilines is 1. The first-order valence-electron chi connectivity index (χ1n) is 9.74. The molecule has 0 saturated heterocycles. The van der Waals surface area contributed by atoms with Crippen LogP contribution in [0.2, 0.25) is 0 Å². The van der Waals surface area contributed by atoms with E-state index in [-0.39, 0.29) is 17.8 Å². The van der Waals surface area contributed by atoms with Gasteiger partial charge in [0.25, 0.3) is 11.6 Å². The second kappa shape index (κ2) is 8.23. The Kier molecular flexibility index (Phi) is 5.12. The van der Waals surface area contributed by atoms with E-state index in [9.17, 15) is 14.9 Å². The molecule has 1 aliphatic heterocycles. The minimum Gasteiger partial charge on any atom is -0.486 e. The number of hydrogen-bond donors (Lipinski definition) is 0. The number of amides is 1. The quantitative estimate of drug-likeness (QED) is 0.332. The Morgan fingerprint density at radius 1 is 1.12 bits per heavy atom. The fourth-order valence-electron chi connectivity index (χ4n) is 3.38. The maximum absolute atomic E-state index is 13.5. The van der Waals surface area contributed by atoms with Crippen molar-refractivity contribution in [3.05, 3.63) is 82.2 Å². The molecule has 32 heavy (non-hydrogen) atoms. The molecule has 160 valence electrons. The molecular formula is C22H16N4O5S. The van der Waals surface area contributed by atoms with E-state index >= 15 is 0 Å². The van der Waals surface area contributed by atoms with E-state index in [4.69, 9.17) is 9.47 Å². The van der Waals surface area contributed by atoms with Gasteiger partial charge in [-0.15, -0.1) is 0 Å². The van der Waals surface area contributed by atoms with Gasteiger partial charge >= 0.3 is 0 Å². The van der Waals surface area contributed by atoms with Crippen molar-refractivity contribution in [3.8, 4) is 11.5 Å². The van der Waals surface area contributed by atoms with E-state index in [1.54, 1.807) is 30.6 Å². The molecule has 0 fully saturated rings. The number of pyridine rings is 1. The fourth-order valence-corrected chi connectivity index (χ4v) is 4.35. The number of nitro groups is 1. The highest BCUT2D eigenvalue weighted by molar-refractivity contribution is 7.22. The molecule has 1 amide bonds. The number of carbonyl (C=O) groups excluding carboxylic acids is 1. The number of nitro benzene ring substituents is 1. The molecule has 0 saturated carbocycles. The zero-order valence-corrected chi connectivity index (χ0v) is 17.4. The molecular weight excluding hydrogens is 432 g/mol. The topological polar surface area (TPSA) is 108 Å². The van der Waals surface area contributed by atoms with E-state index in [0.717, 1.165) is 10.3 Å². The van der Waals surface area contributed by atoms with Gasteiger partial charge in [-0.1, -0.05) is 23.5 Å². The number of ether oxygens (including phenoxy) is 2. The molecule has 2 aromatic carbocycles. The predicted octanol–water partition coefficient (Wildman–Crippen LogP) is 4.22. The summed E-state index contributed by atoms with van der Waals surface area (Å²) in [5.74, 6) is 0.862. The molecule has 4 aromatic rings. The van der Waals surface area contributed by atoms with Gasteiger partial charge in [0.2, 0.25) is 0 Å². The minimum absolute atomic E-state index is 0.150. The summed E-state index contributed by atoms with van der Waals surface area (Å²) in [6.45, 7) is 1.15. The van der Waals surface area contributed by atoms with Crippen molar-refractivity contribution in [2.45, 2.75) is 6.54 Å². The van der Waals surface area contributed by atoms with Crippen LogP contribution in [0.25, 0.3) is 10.2 Å². The van der Waals surface area contributed by atoms with Crippen LogP contribution >= 0.6 is 11.3 Å². The lowest BCUT2D eigenvalue weighted by atomic mass is 10.1. The summed E-state index contributed by atoms with van der Waals surface area (Å²) in [6, 6.07) is 13.0. The maximum Gasteiger partial charge on any atom is 0.270 e. The van der Waals surface area contributed by atoms with E-state index in [1.807, 2.05) is 12.1 Å². The SMILES string of the molecule is O=C(c1cccc([N+](=O)[O-])c1)N(Cc1cccnc1)c1nc2cc3c(cc2s1)OCCO3. The van der Waals surface area contributed by atoms with Gasteiger partial charge in [0.1, 0.15) is 13.2 Å². The third kappa shape index (κ3) is 3.83. The first-order chi connectivity index (χ1) is 15.6. The first kappa shape index (κ1) is 19.9. The molecule has 0 radical (unpaired) electrons. The van der Waals surface area contributed by atoms with Gasteiger partial charge in [0.15, 0.2) is 16.6 Å². The average Bonchev–Trinajstić information content (AvgIpc) is 3.23. The largest absolute Gasteiger partial charge is 0.486 e.